The Labute approximate surface area is 112 Å². The summed E-state index contributed by atoms with van der Waals surface area (Å²) in [4.78, 5) is 0. The number of aromatic hydroxyl groups is 1. The molecule has 1 aromatic rings. The summed E-state index contributed by atoms with van der Waals surface area (Å²) in [5.41, 5.74) is 6.16. The normalized spacial score (nSPS) is 15.3. The summed E-state index contributed by atoms with van der Waals surface area (Å²) in [5, 5.41) is 10.3. The van der Waals surface area contributed by atoms with Crippen LogP contribution in [0.2, 0.25) is 5.02 Å². The van der Waals surface area contributed by atoms with Gasteiger partial charge < -0.3 is 20.3 Å². The van der Waals surface area contributed by atoms with Gasteiger partial charge >= 0.3 is 0 Å². The maximum absolute atomic E-state index is 10.1. The molecule has 4 nitrogen and oxygen atoms in total. The third-order valence-electron chi connectivity index (χ3n) is 2.69. The van der Waals surface area contributed by atoms with Crippen molar-refractivity contribution in [1.82, 2.24) is 0 Å². The molecule has 0 saturated heterocycles. The van der Waals surface area contributed by atoms with Crippen LogP contribution in [-0.2, 0) is 6.42 Å². The Morgan fingerprint density at radius 3 is 2.72 bits per heavy atom. The molecule has 0 spiro atoms. The number of phenolic OH excluding ortho intramolecular Hbond substituents is 1. The molecule has 0 radical (unpaired) electrons. The van der Waals surface area contributed by atoms with Crippen molar-refractivity contribution in [3.63, 3.8) is 0 Å². The summed E-state index contributed by atoms with van der Waals surface area (Å²) in [6.07, 6.45) is 1.27. The lowest BCUT2D eigenvalue weighted by molar-refractivity contribution is 0.295. The Morgan fingerprint density at radius 2 is 2.06 bits per heavy atom. The molecule has 0 amide bonds. The van der Waals surface area contributed by atoms with E-state index >= 15 is 0 Å². The maximum Gasteiger partial charge on any atom is 0.168 e. The van der Waals surface area contributed by atoms with Gasteiger partial charge in [0.15, 0.2) is 11.5 Å². The zero-order chi connectivity index (χ0) is 13.3. The molecule has 0 bridgehead atoms. The van der Waals surface area contributed by atoms with Gasteiger partial charge in [0, 0.05) is 23.6 Å². The lowest BCUT2D eigenvalue weighted by atomic mass is 9.94. The molecule has 1 aromatic carbocycles. The number of rotatable bonds is 2. The first-order valence-corrected chi connectivity index (χ1v) is 6.35. The number of halogens is 1. The molecule has 0 aromatic heterocycles. The number of phenols is 1. The van der Waals surface area contributed by atoms with Gasteiger partial charge in [-0.05, 0) is 20.3 Å². The van der Waals surface area contributed by atoms with Crippen molar-refractivity contribution in [2.24, 2.45) is 5.73 Å². The predicted octanol–water partition coefficient (Wildman–Crippen LogP) is 2.49. The number of hydrogen-bond acceptors (Lipinski definition) is 4. The molecule has 1 aliphatic rings. The summed E-state index contributed by atoms with van der Waals surface area (Å²) in [7, 11) is 0. The maximum atomic E-state index is 10.1. The molecule has 0 saturated carbocycles. The van der Waals surface area contributed by atoms with Gasteiger partial charge in [-0.15, -0.1) is 0 Å². The van der Waals surface area contributed by atoms with Crippen LogP contribution in [0.15, 0.2) is 6.07 Å². The van der Waals surface area contributed by atoms with Crippen LogP contribution >= 0.6 is 11.6 Å². The zero-order valence-corrected chi connectivity index (χ0v) is 11.4. The number of ether oxygens (including phenoxy) is 2. The molecule has 5 heteroatoms. The van der Waals surface area contributed by atoms with Crippen LogP contribution in [0.1, 0.15) is 25.8 Å². The second-order valence-corrected chi connectivity index (χ2v) is 5.64. The smallest absolute Gasteiger partial charge is 0.168 e. The predicted molar refractivity (Wildman–Crippen MR) is 70.7 cm³/mol. The third-order valence-corrected chi connectivity index (χ3v) is 2.98. The van der Waals surface area contributed by atoms with E-state index < -0.39 is 5.54 Å². The van der Waals surface area contributed by atoms with Crippen molar-refractivity contribution in [1.29, 1.82) is 0 Å². The van der Waals surface area contributed by atoms with E-state index in [1.807, 2.05) is 13.8 Å². The average Bonchev–Trinajstić information content (AvgIpc) is 2.48. The van der Waals surface area contributed by atoms with Crippen molar-refractivity contribution < 1.29 is 14.6 Å². The Morgan fingerprint density at radius 1 is 1.39 bits per heavy atom. The number of hydrogen-bond donors (Lipinski definition) is 2. The lowest BCUT2D eigenvalue weighted by Crippen LogP contribution is -2.34. The Bertz CT molecular complexity index is 455. The van der Waals surface area contributed by atoms with Crippen LogP contribution in [-0.4, -0.2) is 23.9 Å². The minimum atomic E-state index is -0.467. The van der Waals surface area contributed by atoms with Gasteiger partial charge in [-0.1, -0.05) is 11.6 Å². The highest BCUT2D eigenvalue weighted by Gasteiger charge is 2.25. The highest BCUT2D eigenvalue weighted by molar-refractivity contribution is 6.32. The molecule has 1 heterocycles. The molecule has 100 valence electrons. The van der Waals surface area contributed by atoms with Crippen LogP contribution in [0.25, 0.3) is 0 Å². The van der Waals surface area contributed by atoms with E-state index in [1.165, 1.54) is 0 Å². The molecule has 1 aliphatic heterocycles. The second-order valence-electron chi connectivity index (χ2n) is 5.23. The summed E-state index contributed by atoms with van der Waals surface area (Å²) in [6.45, 7) is 4.92. The summed E-state index contributed by atoms with van der Waals surface area (Å²) < 4.78 is 11.2. The second kappa shape index (κ2) is 4.86. The molecule has 2 rings (SSSR count). The van der Waals surface area contributed by atoms with E-state index in [9.17, 15) is 5.11 Å². The van der Waals surface area contributed by atoms with Crippen LogP contribution in [0.3, 0.4) is 0 Å². The van der Waals surface area contributed by atoms with Crippen molar-refractivity contribution in [3.05, 3.63) is 16.7 Å². The highest BCUT2D eigenvalue weighted by atomic mass is 35.5. The van der Waals surface area contributed by atoms with Gasteiger partial charge in [-0.2, -0.15) is 0 Å². The molecular formula is C13H18ClNO3. The van der Waals surface area contributed by atoms with Crippen molar-refractivity contribution in [2.75, 3.05) is 13.2 Å². The summed E-state index contributed by atoms with van der Waals surface area (Å²) in [6, 6.07) is 1.59. The van der Waals surface area contributed by atoms with Crippen molar-refractivity contribution in [3.8, 4) is 17.2 Å². The highest BCUT2D eigenvalue weighted by Crippen LogP contribution is 2.44. The topological polar surface area (TPSA) is 64.7 Å². The van der Waals surface area contributed by atoms with Crippen molar-refractivity contribution in [2.45, 2.75) is 32.2 Å². The minimum Gasteiger partial charge on any atom is -0.506 e. The van der Waals surface area contributed by atoms with Crippen LogP contribution in [0, 0.1) is 0 Å². The molecule has 0 fully saturated rings. The molecule has 18 heavy (non-hydrogen) atoms. The van der Waals surface area contributed by atoms with E-state index in [-0.39, 0.29) is 10.8 Å². The number of benzene rings is 1. The average molecular weight is 272 g/mol. The fourth-order valence-corrected chi connectivity index (χ4v) is 2.16. The Hall–Kier alpha value is -1.13. The van der Waals surface area contributed by atoms with Gasteiger partial charge in [0.1, 0.15) is 5.75 Å². The van der Waals surface area contributed by atoms with E-state index in [1.54, 1.807) is 6.07 Å². The summed E-state index contributed by atoms with van der Waals surface area (Å²) >= 11 is 6.01. The van der Waals surface area contributed by atoms with Gasteiger partial charge in [-0.3, -0.25) is 0 Å². The standard InChI is InChI=1S/C13H18ClNO3/c1-13(2,15)7-8-11(16)9(14)6-10-12(8)18-5-3-4-17-10/h6,16H,3-5,7,15H2,1-2H3. The molecular weight excluding hydrogens is 254 g/mol. The molecule has 0 unspecified atom stereocenters. The van der Waals surface area contributed by atoms with E-state index in [2.05, 4.69) is 0 Å². The first-order chi connectivity index (χ1) is 8.38. The lowest BCUT2D eigenvalue weighted by Gasteiger charge is -2.22. The third kappa shape index (κ3) is 2.82. The van der Waals surface area contributed by atoms with Crippen molar-refractivity contribution >= 4 is 11.6 Å². The van der Waals surface area contributed by atoms with Gasteiger partial charge in [-0.25, -0.2) is 0 Å². The fraction of sp³-hybridized carbons (Fsp3) is 0.538. The first-order valence-electron chi connectivity index (χ1n) is 5.97. The number of fused-ring (bicyclic) bond motifs is 1. The molecule has 0 aliphatic carbocycles. The van der Waals surface area contributed by atoms with Crippen LogP contribution in [0.5, 0.6) is 17.2 Å². The minimum absolute atomic E-state index is 0.0273. The summed E-state index contributed by atoms with van der Waals surface area (Å²) in [5.74, 6) is 1.17. The quantitative estimate of drug-likeness (QED) is 0.867. The van der Waals surface area contributed by atoms with E-state index in [0.717, 1.165) is 6.42 Å². The first kappa shape index (κ1) is 13.3. The Kier molecular flexibility index (Phi) is 3.59. The van der Waals surface area contributed by atoms with E-state index in [4.69, 9.17) is 26.8 Å². The molecule has 3 N–H and O–H groups in total. The van der Waals surface area contributed by atoms with Crippen LogP contribution in [0.4, 0.5) is 0 Å². The van der Waals surface area contributed by atoms with Gasteiger partial charge in [0.05, 0.1) is 18.2 Å². The number of nitrogens with two attached hydrogens (primary N) is 1. The van der Waals surface area contributed by atoms with Gasteiger partial charge in [0.2, 0.25) is 0 Å². The Balaban J connectivity index is 2.51. The zero-order valence-electron chi connectivity index (χ0n) is 10.6. The van der Waals surface area contributed by atoms with E-state index in [0.29, 0.717) is 36.7 Å². The SMILES string of the molecule is CC(C)(N)Cc1c(O)c(Cl)cc2c1OCCCO2. The molecule has 0 atom stereocenters. The monoisotopic (exact) mass is 271 g/mol. The fourth-order valence-electron chi connectivity index (χ4n) is 1.95. The van der Waals surface area contributed by atoms with Crippen LogP contribution < -0.4 is 15.2 Å². The van der Waals surface area contributed by atoms with Gasteiger partial charge in [0.25, 0.3) is 0 Å². The largest absolute Gasteiger partial charge is 0.506 e.